The Morgan fingerprint density at radius 3 is 2.59 bits per heavy atom. The topological polar surface area (TPSA) is 114 Å². The summed E-state index contributed by atoms with van der Waals surface area (Å²) in [6.45, 7) is 0. The van der Waals surface area contributed by atoms with Crippen molar-refractivity contribution < 1.29 is 4.42 Å². The Labute approximate surface area is 154 Å². The molecule has 0 saturated carbocycles. The Hall–Kier alpha value is -4.18. The number of hydrogen-bond donors (Lipinski definition) is 2. The first kappa shape index (κ1) is 16.3. The van der Waals surface area contributed by atoms with Crippen molar-refractivity contribution in [3.05, 3.63) is 72.2 Å². The van der Waals surface area contributed by atoms with Crippen LogP contribution in [0.5, 0.6) is 0 Å². The van der Waals surface area contributed by atoms with Gasteiger partial charge in [0.15, 0.2) is 5.82 Å². The van der Waals surface area contributed by atoms with Gasteiger partial charge in [0, 0.05) is 17.1 Å². The molecule has 0 atom stereocenters. The van der Waals surface area contributed by atoms with Crippen LogP contribution in [0.2, 0.25) is 0 Å². The van der Waals surface area contributed by atoms with Gasteiger partial charge < -0.3 is 15.5 Å². The normalized spacial score (nSPS) is 11.3. The van der Waals surface area contributed by atoms with Crippen LogP contribution in [0.1, 0.15) is 11.6 Å². The van der Waals surface area contributed by atoms with E-state index in [0.717, 1.165) is 16.7 Å². The van der Waals surface area contributed by atoms with E-state index in [2.05, 4.69) is 26.3 Å². The summed E-state index contributed by atoms with van der Waals surface area (Å²) in [5.41, 5.74) is 7.56. The van der Waals surface area contributed by atoms with E-state index >= 15 is 0 Å². The molecule has 130 valence electrons. The maximum Gasteiger partial charge on any atom is 0.232 e. The Balaban J connectivity index is 1.70. The van der Waals surface area contributed by atoms with Crippen LogP contribution in [-0.2, 0) is 0 Å². The second-order valence-corrected chi connectivity index (χ2v) is 5.69. The molecule has 4 rings (SSSR count). The minimum absolute atomic E-state index is 0.0178. The van der Waals surface area contributed by atoms with Crippen LogP contribution in [0, 0.1) is 11.3 Å². The quantitative estimate of drug-likeness (QED) is 0.532. The number of fused-ring (bicyclic) bond motifs is 1. The molecule has 2 aromatic carbocycles. The summed E-state index contributed by atoms with van der Waals surface area (Å²) in [5, 5.41) is 13.6. The van der Waals surface area contributed by atoms with Gasteiger partial charge in [-0.1, -0.05) is 36.4 Å². The van der Waals surface area contributed by atoms with Crippen molar-refractivity contribution in [2.24, 2.45) is 0 Å². The van der Waals surface area contributed by atoms with Crippen molar-refractivity contribution in [2.75, 3.05) is 11.1 Å². The van der Waals surface area contributed by atoms with Gasteiger partial charge in [-0.05, 0) is 24.3 Å². The van der Waals surface area contributed by atoms with Gasteiger partial charge in [0.25, 0.3) is 0 Å². The summed E-state index contributed by atoms with van der Waals surface area (Å²) in [6.07, 6.45) is 1.58. The number of nitrogens with zero attached hydrogens (tertiary/aromatic N) is 4. The monoisotopic (exact) mass is 354 g/mol. The Morgan fingerprint density at radius 1 is 1.04 bits per heavy atom. The maximum atomic E-state index is 9.57. The van der Waals surface area contributed by atoms with Crippen molar-refractivity contribution in [1.29, 1.82) is 5.26 Å². The molecule has 2 aromatic heterocycles. The van der Waals surface area contributed by atoms with Crippen LogP contribution >= 0.6 is 0 Å². The lowest BCUT2D eigenvalue weighted by Gasteiger charge is -2.06. The van der Waals surface area contributed by atoms with E-state index in [1.807, 2.05) is 60.7 Å². The molecular weight excluding hydrogens is 340 g/mol. The van der Waals surface area contributed by atoms with Crippen LogP contribution in [0.15, 0.2) is 65.1 Å². The van der Waals surface area contributed by atoms with Gasteiger partial charge in [-0.3, -0.25) is 0 Å². The van der Waals surface area contributed by atoms with Gasteiger partial charge in [0.05, 0.1) is 0 Å². The zero-order valence-electron chi connectivity index (χ0n) is 14.1. The van der Waals surface area contributed by atoms with E-state index in [1.54, 1.807) is 6.08 Å². The highest BCUT2D eigenvalue weighted by atomic mass is 16.3. The number of para-hydroxylation sites is 2. The Kier molecular flexibility index (Phi) is 4.21. The van der Waals surface area contributed by atoms with Crippen molar-refractivity contribution in [3.63, 3.8) is 0 Å². The van der Waals surface area contributed by atoms with E-state index in [-0.39, 0.29) is 23.3 Å². The van der Waals surface area contributed by atoms with Crippen LogP contribution < -0.4 is 11.1 Å². The van der Waals surface area contributed by atoms with Crippen LogP contribution in [0.3, 0.4) is 0 Å². The molecule has 7 heteroatoms. The molecule has 0 fully saturated rings. The van der Waals surface area contributed by atoms with Crippen molar-refractivity contribution >= 4 is 40.2 Å². The molecule has 0 aliphatic heterocycles. The van der Waals surface area contributed by atoms with E-state index in [4.69, 9.17) is 10.2 Å². The highest BCUT2D eigenvalue weighted by Gasteiger charge is 2.11. The molecule has 0 amide bonds. The molecule has 27 heavy (non-hydrogen) atoms. The fraction of sp³-hybridized carbons (Fsp3) is 0. The van der Waals surface area contributed by atoms with Crippen LogP contribution in [0.25, 0.3) is 22.6 Å². The average molecular weight is 354 g/mol. The number of nitrogens with one attached hydrogen (secondary N) is 1. The fourth-order valence-corrected chi connectivity index (χ4v) is 2.58. The Morgan fingerprint density at radius 2 is 1.81 bits per heavy atom. The van der Waals surface area contributed by atoms with E-state index in [9.17, 15) is 5.26 Å². The second-order valence-electron chi connectivity index (χ2n) is 5.69. The fourth-order valence-electron chi connectivity index (χ4n) is 2.58. The lowest BCUT2D eigenvalue weighted by Crippen LogP contribution is -2.06. The molecular formula is C20H14N6O. The summed E-state index contributed by atoms with van der Waals surface area (Å²) in [5.74, 6) is 0.979. The highest BCUT2D eigenvalue weighted by molar-refractivity contribution is 5.89. The van der Waals surface area contributed by atoms with Gasteiger partial charge in [-0.25, -0.2) is 0 Å². The molecule has 3 N–H and O–H groups in total. The highest BCUT2D eigenvalue weighted by Crippen LogP contribution is 2.23. The minimum Gasteiger partial charge on any atom is -0.457 e. The molecule has 2 heterocycles. The lowest BCUT2D eigenvalue weighted by atomic mass is 10.2. The number of nitrogen functional groups attached to an aromatic ring is 1. The van der Waals surface area contributed by atoms with Crippen molar-refractivity contribution in [1.82, 2.24) is 15.0 Å². The number of aromatic nitrogens is 3. The van der Waals surface area contributed by atoms with Gasteiger partial charge in [-0.2, -0.15) is 20.2 Å². The zero-order valence-corrected chi connectivity index (χ0v) is 14.1. The van der Waals surface area contributed by atoms with E-state index in [0.29, 0.717) is 5.76 Å². The number of hydrogen-bond acceptors (Lipinski definition) is 7. The van der Waals surface area contributed by atoms with Crippen molar-refractivity contribution in [2.45, 2.75) is 0 Å². The third kappa shape index (κ3) is 3.60. The largest absolute Gasteiger partial charge is 0.457 e. The molecule has 0 aliphatic carbocycles. The molecule has 4 aromatic rings. The van der Waals surface area contributed by atoms with Gasteiger partial charge in [0.1, 0.15) is 23.0 Å². The summed E-state index contributed by atoms with van der Waals surface area (Å²) < 4.78 is 5.73. The SMILES string of the molecule is N#C/C(=C\c1cc2ccccc2o1)c1nc(N)nc(Nc2ccccc2)n1. The first-order valence-corrected chi connectivity index (χ1v) is 8.15. The van der Waals surface area contributed by atoms with Gasteiger partial charge >= 0.3 is 0 Å². The summed E-state index contributed by atoms with van der Waals surface area (Å²) in [7, 11) is 0. The lowest BCUT2D eigenvalue weighted by molar-refractivity contribution is 0.604. The molecule has 0 bridgehead atoms. The smallest absolute Gasteiger partial charge is 0.232 e. The predicted octanol–water partition coefficient (Wildman–Crippen LogP) is 4.01. The molecule has 0 aliphatic rings. The number of nitriles is 1. The summed E-state index contributed by atoms with van der Waals surface area (Å²) >= 11 is 0. The molecule has 7 nitrogen and oxygen atoms in total. The predicted molar refractivity (Wildman–Crippen MR) is 104 cm³/mol. The van der Waals surface area contributed by atoms with Crippen molar-refractivity contribution in [3.8, 4) is 6.07 Å². The van der Waals surface area contributed by atoms with Gasteiger partial charge in [0.2, 0.25) is 11.9 Å². The minimum atomic E-state index is 0.0178. The number of furan rings is 1. The number of rotatable bonds is 4. The van der Waals surface area contributed by atoms with Gasteiger partial charge in [-0.15, -0.1) is 0 Å². The average Bonchev–Trinajstić information content (AvgIpc) is 3.09. The first-order chi connectivity index (χ1) is 13.2. The number of nitrogens with two attached hydrogens (primary N) is 1. The summed E-state index contributed by atoms with van der Waals surface area (Å²) in [4.78, 5) is 12.5. The molecule has 0 radical (unpaired) electrons. The van der Waals surface area contributed by atoms with E-state index < -0.39 is 0 Å². The summed E-state index contributed by atoms with van der Waals surface area (Å²) in [6, 6.07) is 21.0. The first-order valence-electron chi connectivity index (χ1n) is 8.15. The van der Waals surface area contributed by atoms with Crippen LogP contribution in [-0.4, -0.2) is 15.0 Å². The third-order valence-electron chi connectivity index (χ3n) is 3.78. The van der Waals surface area contributed by atoms with E-state index in [1.165, 1.54) is 0 Å². The number of anilines is 3. The Bertz CT molecular complexity index is 1140. The van der Waals surface area contributed by atoms with Crippen LogP contribution in [0.4, 0.5) is 17.6 Å². The third-order valence-corrected chi connectivity index (χ3v) is 3.78. The maximum absolute atomic E-state index is 9.57. The zero-order chi connectivity index (χ0) is 18.6. The molecule has 0 saturated heterocycles. The molecule has 0 unspecified atom stereocenters. The number of allylic oxidation sites excluding steroid dienone is 1. The molecule has 0 spiro atoms. The second kappa shape index (κ2) is 6.98. The number of benzene rings is 2. The standard InChI is InChI=1S/C20H14N6O/c21-12-14(11-16-10-13-6-4-5-9-17(13)27-16)18-24-19(22)26-20(25-18)23-15-7-2-1-3-8-15/h1-11H,(H3,22,23,24,25,26)/b14-11+.